The zero-order chi connectivity index (χ0) is 11.8. The van der Waals surface area contributed by atoms with Crippen LogP contribution in [-0.4, -0.2) is 28.6 Å². The van der Waals surface area contributed by atoms with Gasteiger partial charge in [0.15, 0.2) is 0 Å². The lowest BCUT2D eigenvalue weighted by atomic mass is 10.3. The highest BCUT2D eigenvalue weighted by molar-refractivity contribution is 7.89. The summed E-state index contributed by atoms with van der Waals surface area (Å²) in [6.07, 6.45) is 0. The van der Waals surface area contributed by atoms with Gasteiger partial charge in [-0.25, -0.2) is 23.6 Å². The van der Waals surface area contributed by atoms with Crippen LogP contribution in [0.5, 0.6) is 0 Å². The van der Waals surface area contributed by atoms with Gasteiger partial charge >= 0.3 is 0 Å². The highest BCUT2D eigenvalue weighted by atomic mass is 32.2. The summed E-state index contributed by atoms with van der Waals surface area (Å²) in [6.45, 7) is 1.82. The van der Waals surface area contributed by atoms with E-state index in [0.717, 1.165) is 5.69 Å². The zero-order valence-electron chi connectivity index (χ0n) is 8.38. The van der Waals surface area contributed by atoms with Crippen molar-refractivity contribution in [2.45, 2.75) is 12.1 Å². The number of nitrogens with zero attached hydrogens (tertiary/aromatic N) is 3. The highest BCUT2D eigenvalue weighted by Crippen LogP contribution is 2.12. The smallest absolute Gasteiger partial charge is 0.250 e. The Hall–Kier alpha value is -1.80. The van der Waals surface area contributed by atoms with Crippen molar-refractivity contribution in [3.05, 3.63) is 23.9 Å². The SMILES string of the molecule is Cc1cccc(-c2n[nH]c(S(N)(=O)=O)n2)n1. The molecule has 0 aliphatic heterocycles. The predicted molar refractivity (Wildman–Crippen MR) is 55.7 cm³/mol. The molecule has 0 bridgehead atoms. The van der Waals surface area contributed by atoms with Gasteiger partial charge in [-0.15, -0.1) is 0 Å². The van der Waals surface area contributed by atoms with Crippen molar-refractivity contribution >= 4 is 10.0 Å². The van der Waals surface area contributed by atoms with Crippen LogP contribution in [0.15, 0.2) is 23.4 Å². The minimum Gasteiger partial charge on any atom is -0.250 e. The van der Waals surface area contributed by atoms with E-state index in [1.54, 1.807) is 12.1 Å². The minimum absolute atomic E-state index is 0.202. The van der Waals surface area contributed by atoms with Crippen molar-refractivity contribution < 1.29 is 8.42 Å². The number of rotatable bonds is 2. The molecule has 0 atom stereocenters. The molecule has 0 aromatic carbocycles. The first kappa shape index (κ1) is 10.7. The molecule has 0 aliphatic rings. The Morgan fingerprint density at radius 2 is 2.06 bits per heavy atom. The van der Waals surface area contributed by atoms with Crippen molar-refractivity contribution in [2.75, 3.05) is 0 Å². The molecule has 2 aromatic rings. The normalized spacial score (nSPS) is 11.6. The van der Waals surface area contributed by atoms with Gasteiger partial charge in [0.25, 0.3) is 15.2 Å². The van der Waals surface area contributed by atoms with Gasteiger partial charge in [0.05, 0.1) is 0 Å². The van der Waals surface area contributed by atoms with Crippen LogP contribution in [-0.2, 0) is 10.0 Å². The number of nitrogens with one attached hydrogen (secondary N) is 1. The van der Waals surface area contributed by atoms with Gasteiger partial charge in [-0.2, -0.15) is 10.1 Å². The lowest BCUT2D eigenvalue weighted by Gasteiger charge is -1.94. The van der Waals surface area contributed by atoms with Crippen molar-refractivity contribution in [1.82, 2.24) is 20.2 Å². The van der Waals surface area contributed by atoms with Crippen LogP contribution >= 0.6 is 0 Å². The number of aromatic nitrogens is 4. The number of H-pyrrole nitrogens is 1. The fraction of sp³-hybridized carbons (Fsp3) is 0.125. The molecule has 2 rings (SSSR count). The van der Waals surface area contributed by atoms with E-state index in [2.05, 4.69) is 20.2 Å². The van der Waals surface area contributed by atoms with Crippen molar-refractivity contribution in [2.24, 2.45) is 5.14 Å². The first-order valence-electron chi connectivity index (χ1n) is 4.36. The van der Waals surface area contributed by atoms with E-state index in [1.165, 1.54) is 0 Å². The molecule has 84 valence electrons. The summed E-state index contributed by atoms with van der Waals surface area (Å²) in [5, 5.41) is 10.5. The average molecular weight is 239 g/mol. The van der Waals surface area contributed by atoms with Crippen LogP contribution in [0.4, 0.5) is 0 Å². The lowest BCUT2D eigenvalue weighted by Crippen LogP contribution is -2.13. The van der Waals surface area contributed by atoms with E-state index in [1.807, 2.05) is 13.0 Å². The summed E-state index contributed by atoms with van der Waals surface area (Å²) in [7, 11) is -3.86. The quantitative estimate of drug-likeness (QED) is 0.754. The van der Waals surface area contributed by atoms with Crippen LogP contribution in [0.3, 0.4) is 0 Å². The number of aromatic amines is 1. The summed E-state index contributed by atoms with van der Waals surface area (Å²) in [6, 6.07) is 5.28. The third-order valence-corrected chi connectivity index (χ3v) is 2.57. The van der Waals surface area contributed by atoms with E-state index >= 15 is 0 Å². The van der Waals surface area contributed by atoms with E-state index in [0.29, 0.717) is 5.69 Å². The zero-order valence-corrected chi connectivity index (χ0v) is 9.19. The van der Waals surface area contributed by atoms with Gasteiger partial charge in [0.1, 0.15) is 5.69 Å². The predicted octanol–water partition coefficient (Wildman–Crippen LogP) is -0.177. The van der Waals surface area contributed by atoms with Crippen molar-refractivity contribution in [1.29, 1.82) is 0 Å². The summed E-state index contributed by atoms with van der Waals surface area (Å²) >= 11 is 0. The number of hydrogen-bond donors (Lipinski definition) is 2. The van der Waals surface area contributed by atoms with E-state index in [-0.39, 0.29) is 11.0 Å². The molecule has 7 nitrogen and oxygen atoms in total. The molecular weight excluding hydrogens is 230 g/mol. The number of primary sulfonamides is 1. The van der Waals surface area contributed by atoms with Crippen LogP contribution in [0, 0.1) is 6.92 Å². The van der Waals surface area contributed by atoms with Crippen LogP contribution in [0.25, 0.3) is 11.5 Å². The molecule has 0 saturated heterocycles. The van der Waals surface area contributed by atoms with E-state index in [4.69, 9.17) is 5.14 Å². The van der Waals surface area contributed by atoms with E-state index < -0.39 is 10.0 Å². The third-order valence-electron chi connectivity index (χ3n) is 1.85. The monoisotopic (exact) mass is 239 g/mol. The number of pyridine rings is 1. The Balaban J connectivity index is 2.47. The largest absolute Gasteiger partial charge is 0.273 e. The van der Waals surface area contributed by atoms with Crippen LogP contribution in [0.2, 0.25) is 0 Å². The summed E-state index contributed by atoms with van der Waals surface area (Å²) in [5.74, 6) is 0.202. The Labute approximate surface area is 91.8 Å². The van der Waals surface area contributed by atoms with Gasteiger partial charge in [-0.05, 0) is 19.1 Å². The maximum atomic E-state index is 11.0. The molecule has 0 spiro atoms. The summed E-state index contributed by atoms with van der Waals surface area (Å²) < 4.78 is 21.9. The van der Waals surface area contributed by atoms with Gasteiger partial charge in [0, 0.05) is 5.69 Å². The Bertz CT molecular complexity index is 619. The molecular formula is C8H9N5O2S. The highest BCUT2D eigenvalue weighted by Gasteiger charge is 2.15. The molecule has 2 heterocycles. The third kappa shape index (κ3) is 2.07. The molecule has 16 heavy (non-hydrogen) atoms. The molecule has 0 radical (unpaired) electrons. The standard InChI is InChI=1S/C8H9N5O2S/c1-5-3-2-4-6(10-5)7-11-8(13-12-7)16(9,14)15/h2-4H,1H3,(H2,9,14,15)(H,11,12,13). The fourth-order valence-corrected chi connectivity index (χ4v) is 1.54. The lowest BCUT2D eigenvalue weighted by molar-refractivity contribution is 0.589. The van der Waals surface area contributed by atoms with E-state index in [9.17, 15) is 8.42 Å². The molecule has 0 fully saturated rings. The molecule has 8 heteroatoms. The Kier molecular flexibility index (Phi) is 2.44. The topological polar surface area (TPSA) is 115 Å². The number of nitrogens with two attached hydrogens (primary N) is 1. The average Bonchev–Trinajstić information content (AvgIpc) is 2.65. The number of aryl methyl sites for hydroxylation is 1. The number of sulfonamides is 1. The molecule has 0 amide bonds. The Morgan fingerprint density at radius 3 is 2.62 bits per heavy atom. The van der Waals surface area contributed by atoms with Crippen LogP contribution in [0.1, 0.15) is 5.69 Å². The van der Waals surface area contributed by atoms with Gasteiger partial charge in [-0.1, -0.05) is 6.07 Å². The first-order valence-corrected chi connectivity index (χ1v) is 5.91. The molecule has 2 aromatic heterocycles. The van der Waals surface area contributed by atoms with Gasteiger partial charge < -0.3 is 0 Å². The maximum Gasteiger partial charge on any atom is 0.273 e. The Morgan fingerprint density at radius 1 is 1.31 bits per heavy atom. The van der Waals surface area contributed by atoms with Crippen molar-refractivity contribution in [3.63, 3.8) is 0 Å². The summed E-state index contributed by atoms with van der Waals surface area (Å²) in [5.41, 5.74) is 1.28. The van der Waals surface area contributed by atoms with Crippen molar-refractivity contribution in [3.8, 4) is 11.5 Å². The second kappa shape index (κ2) is 3.65. The first-order chi connectivity index (χ1) is 7.47. The molecule has 0 unspecified atom stereocenters. The number of hydrogen-bond acceptors (Lipinski definition) is 5. The molecule has 0 saturated carbocycles. The minimum atomic E-state index is -3.86. The van der Waals surface area contributed by atoms with Gasteiger partial charge in [0.2, 0.25) is 5.82 Å². The van der Waals surface area contributed by atoms with Crippen LogP contribution < -0.4 is 5.14 Å². The maximum absolute atomic E-state index is 11.0. The van der Waals surface area contributed by atoms with Gasteiger partial charge in [-0.3, -0.25) is 0 Å². The second-order valence-electron chi connectivity index (χ2n) is 3.17. The second-order valence-corrected chi connectivity index (χ2v) is 4.65. The molecule has 3 N–H and O–H groups in total. The molecule has 0 aliphatic carbocycles. The fourth-order valence-electron chi connectivity index (χ4n) is 1.16. The summed E-state index contributed by atoms with van der Waals surface area (Å²) in [4.78, 5) is 7.91.